The molecular weight excluding hydrogens is 224 g/mol. The van der Waals surface area contributed by atoms with Crippen LogP contribution in [0, 0.1) is 17.1 Å². The smallest absolute Gasteiger partial charge is 0.146 e. The first kappa shape index (κ1) is 11.3. The minimum atomic E-state index is -0.932. The van der Waals surface area contributed by atoms with E-state index in [9.17, 15) is 4.39 Å². The molecule has 0 aliphatic carbocycles. The second kappa shape index (κ2) is 3.76. The molecule has 1 aromatic rings. The van der Waals surface area contributed by atoms with E-state index in [0.29, 0.717) is 5.02 Å². The van der Waals surface area contributed by atoms with E-state index in [1.165, 1.54) is 12.1 Å². The zero-order chi connectivity index (χ0) is 10.9. The minimum absolute atomic E-state index is 0.0594. The van der Waals surface area contributed by atoms with Crippen molar-refractivity contribution in [3.63, 3.8) is 0 Å². The number of nitriles is 1. The third-order valence-electron chi connectivity index (χ3n) is 1.95. The largest absolute Gasteiger partial charge is 0.205 e. The Balaban J connectivity index is 3.44. The van der Waals surface area contributed by atoms with Gasteiger partial charge in [-0.3, -0.25) is 0 Å². The standard InChI is InChI=1S/C10H8Cl2FN/c1-10(2,5-14)7-3-6(11)4-8(12)9(7)13/h3-4H,1-2H3. The molecule has 0 N–H and O–H groups in total. The maximum atomic E-state index is 13.5. The third-order valence-corrected chi connectivity index (χ3v) is 2.44. The molecule has 1 rings (SSSR count). The molecule has 0 saturated carbocycles. The van der Waals surface area contributed by atoms with Crippen molar-refractivity contribution in [1.29, 1.82) is 5.26 Å². The van der Waals surface area contributed by atoms with Gasteiger partial charge in [0.15, 0.2) is 0 Å². The van der Waals surface area contributed by atoms with E-state index in [1.54, 1.807) is 13.8 Å². The van der Waals surface area contributed by atoms with Crippen molar-refractivity contribution in [3.05, 3.63) is 33.6 Å². The number of halogens is 3. The lowest BCUT2D eigenvalue weighted by Gasteiger charge is -2.17. The zero-order valence-electron chi connectivity index (χ0n) is 7.74. The van der Waals surface area contributed by atoms with E-state index in [1.807, 2.05) is 6.07 Å². The lowest BCUT2D eigenvalue weighted by molar-refractivity contribution is 0.565. The van der Waals surface area contributed by atoms with E-state index in [2.05, 4.69) is 0 Å². The van der Waals surface area contributed by atoms with Gasteiger partial charge in [0.2, 0.25) is 0 Å². The zero-order valence-corrected chi connectivity index (χ0v) is 9.25. The maximum absolute atomic E-state index is 13.5. The SMILES string of the molecule is CC(C)(C#N)c1cc(Cl)cc(Cl)c1F. The molecule has 14 heavy (non-hydrogen) atoms. The van der Waals surface area contributed by atoms with Crippen LogP contribution in [0.4, 0.5) is 4.39 Å². The van der Waals surface area contributed by atoms with Gasteiger partial charge in [-0.15, -0.1) is 0 Å². The molecule has 0 saturated heterocycles. The summed E-state index contributed by atoms with van der Waals surface area (Å²) in [6.07, 6.45) is 0. The lowest BCUT2D eigenvalue weighted by Crippen LogP contribution is -2.16. The summed E-state index contributed by atoms with van der Waals surface area (Å²) in [4.78, 5) is 0. The quantitative estimate of drug-likeness (QED) is 0.673. The third kappa shape index (κ3) is 2.00. The topological polar surface area (TPSA) is 23.8 Å². The van der Waals surface area contributed by atoms with Crippen LogP contribution in [0.2, 0.25) is 10.0 Å². The van der Waals surface area contributed by atoms with Gasteiger partial charge in [0.1, 0.15) is 5.82 Å². The van der Waals surface area contributed by atoms with Crippen LogP contribution in [-0.2, 0) is 5.41 Å². The molecule has 0 radical (unpaired) electrons. The van der Waals surface area contributed by atoms with E-state index in [-0.39, 0.29) is 10.6 Å². The number of benzene rings is 1. The summed E-state index contributed by atoms with van der Waals surface area (Å²) in [6, 6.07) is 4.73. The average Bonchev–Trinajstić information content (AvgIpc) is 2.11. The Labute approximate surface area is 92.1 Å². The summed E-state index contributed by atoms with van der Waals surface area (Å²) in [7, 11) is 0. The number of hydrogen-bond acceptors (Lipinski definition) is 1. The molecule has 0 spiro atoms. The van der Waals surface area contributed by atoms with Gasteiger partial charge in [-0.2, -0.15) is 5.26 Å². The van der Waals surface area contributed by atoms with Crippen molar-refractivity contribution < 1.29 is 4.39 Å². The highest BCUT2D eigenvalue weighted by molar-refractivity contribution is 6.34. The van der Waals surface area contributed by atoms with E-state index in [4.69, 9.17) is 28.5 Å². The summed E-state index contributed by atoms with van der Waals surface area (Å²) in [6.45, 7) is 3.22. The molecule has 0 bridgehead atoms. The predicted molar refractivity (Wildman–Crippen MR) is 55.1 cm³/mol. The first-order valence-corrected chi connectivity index (χ1v) is 4.70. The normalized spacial score (nSPS) is 11.1. The van der Waals surface area contributed by atoms with Gasteiger partial charge >= 0.3 is 0 Å². The lowest BCUT2D eigenvalue weighted by atomic mass is 9.86. The number of rotatable bonds is 1. The van der Waals surface area contributed by atoms with Crippen LogP contribution in [0.3, 0.4) is 0 Å². The number of nitrogens with zero attached hydrogens (tertiary/aromatic N) is 1. The van der Waals surface area contributed by atoms with Gasteiger partial charge in [-0.25, -0.2) is 4.39 Å². The Kier molecular flexibility index (Phi) is 3.04. The molecule has 1 aromatic carbocycles. The molecule has 0 amide bonds. The van der Waals surface area contributed by atoms with Gasteiger partial charge in [-0.05, 0) is 26.0 Å². The molecule has 74 valence electrons. The van der Waals surface area contributed by atoms with Crippen LogP contribution in [-0.4, -0.2) is 0 Å². The molecule has 0 aromatic heterocycles. The summed E-state index contributed by atoms with van der Waals surface area (Å²) < 4.78 is 13.5. The fourth-order valence-electron chi connectivity index (χ4n) is 1.07. The van der Waals surface area contributed by atoms with Crippen LogP contribution in [0.15, 0.2) is 12.1 Å². The van der Waals surface area contributed by atoms with Gasteiger partial charge in [0.05, 0.1) is 16.5 Å². The van der Waals surface area contributed by atoms with Crippen molar-refractivity contribution in [1.82, 2.24) is 0 Å². The molecule has 0 fully saturated rings. The Morgan fingerprint density at radius 2 is 1.93 bits per heavy atom. The number of hydrogen-bond donors (Lipinski definition) is 0. The fourth-order valence-corrected chi connectivity index (χ4v) is 1.56. The summed E-state index contributed by atoms with van der Waals surface area (Å²) >= 11 is 11.3. The Bertz CT molecular complexity index is 407. The Morgan fingerprint density at radius 3 is 2.43 bits per heavy atom. The predicted octanol–water partition coefficient (Wildman–Crippen LogP) is 3.93. The van der Waals surface area contributed by atoms with Crippen LogP contribution in [0.1, 0.15) is 19.4 Å². The van der Waals surface area contributed by atoms with Crippen molar-refractivity contribution >= 4 is 23.2 Å². The molecule has 4 heteroatoms. The first-order valence-electron chi connectivity index (χ1n) is 3.95. The van der Waals surface area contributed by atoms with Crippen LogP contribution in [0.25, 0.3) is 0 Å². The molecule has 0 aliphatic heterocycles. The molecular formula is C10H8Cl2FN. The Hall–Kier alpha value is -0.780. The van der Waals surface area contributed by atoms with Gasteiger partial charge in [-0.1, -0.05) is 23.2 Å². The fraction of sp³-hybridized carbons (Fsp3) is 0.300. The van der Waals surface area contributed by atoms with E-state index >= 15 is 0 Å². The van der Waals surface area contributed by atoms with Gasteiger partial charge in [0, 0.05) is 10.6 Å². The monoisotopic (exact) mass is 231 g/mol. The van der Waals surface area contributed by atoms with Crippen molar-refractivity contribution in [2.24, 2.45) is 0 Å². The van der Waals surface area contributed by atoms with Gasteiger partial charge in [0.25, 0.3) is 0 Å². The average molecular weight is 232 g/mol. The highest BCUT2D eigenvalue weighted by Crippen LogP contribution is 2.31. The minimum Gasteiger partial charge on any atom is -0.205 e. The first-order chi connectivity index (χ1) is 6.38. The van der Waals surface area contributed by atoms with E-state index in [0.717, 1.165) is 0 Å². The highest BCUT2D eigenvalue weighted by Gasteiger charge is 2.25. The summed E-state index contributed by atoms with van der Waals surface area (Å²) in [5.41, 5.74) is -0.712. The van der Waals surface area contributed by atoms with Crippen LogP contribution < -0.4 is 0 Å². The molecule has 1 nitrogen and oxygen atoms in total. The molecule has 0 heterocycles. The Morgan fingerprint density at radius 1 is 1.36 bits per heavy atom. The van der Waals surface area contributed by atoms with Crippen molar-refractivity contribution in [2.75, 3.05) is 0 Å². The molecule has 0 atom stereocenters. The highest BCUT2D eigenvalue weighted by atomic mass is 35.5. The summed E-state index contributed by atoms with van der Waals surface area (Å²) in [5, 5.41) is 9.12. The summed E-state index contributed by atoms with van der Waals surface area (Å²) in [5.74, 6) is -0.581. The second-order valence-corrected chi connectivity index (χ2v) is 4.33. The van der Waals surface area contributed by atoms with Crippen molar-refractivity contribution in [2.45, 2.75) is 19.3 Å². The molecule has 0 unspecified atom stereocenters. The van der Waals surface area contributed by atoms with Gasteiger partial charge < -0.3 is 0 Å². The van der Waals surface area contributed by atoms with Crippen LogP contribution in [0.5, 0.6) is 0 Å². The van der Waals surface area contributed by atoms with Crippen molar-refractivity contribution in [3.8, 4) is 6.07 Å². The molecule has 0 aliphatic rings. The second-order valence-electron chi connectivity index (χ2n) is 3.49. The maximum Gasteiger partial charge on any atom is 0.146 e. The van der Waals surface area contributed by atoms with E-state index < -0.39 is 11.2 Å². The van der Waals surface area contributed by atoms with Crippen LogP contribution >= 0.6 is 23.2 Å².